The van der Waals surface area contributed by atoms with E-state index in [1.54, 1.807) is 0 Å². The molecule has 0 saturated heterocycles. The first kappa shape index (κ1) is 16.8. The minimum absolute atomic E-state index is 0.493. The molecule has 0 radical (unpaired) electrons. The van der Waals surface area contributed by atoms with Gasteiger partial charge in [-0.3, -0.25) is 0 Å². The Bertz CT molecular complexity index is 387. The molecule has 0 aliphatic heterocycles. The van der Waals surface area contributed by atoms with Crippen molar-refractivity contribution in [2.45, 2.75) is 104 Å². The first-order chi connectivity index (χ1) is 10.4. The topological polar surface area (TPSA) is 9.23 Å². The van der Waals surface area contributed by atoms with Crippen molar-refractivity contribution in [3.05, 3.63) is 0 Å². The summed E-state index contributed by atoms with van der Waals surface area (Å²) in [5.74, 6) is 0.911. The number of rotatable bonds is 6. The van der Waals surface area contributed by atoms with Crippen LogP contribution >= 0.6 is 0 Å². The van der Waals surface area contributed by atoms with Crippen molar-refractivity contribution in [1.29, 1.82) is 0 Å². The zero-order valence-corrected chi connectivity index (χ0v) is 15.5. The van der Waals surface area contributed by atoms with Crippen LogP contribution in [0.25, 0.3) is 0 Å². The molecule has 0 N–H and O–H groups in total. The quantitative estimate of drug-likeness (QED) is 0.519. The summed E-state index contributed by atoms with van der Waals surface area (Å²) < 4.78 is 6.58. The van der Waals surface area contributed by atoms with E-state index in [4.69, 9.17) is 4.74 Å². The Morgan fingerprint density at radius 1 is 1.00 bits per heavy atom. The van der Waals surface area contributed by atoms with Gasteiger partial charge in [0.1, 0.15) is 0 Å². The fourth-order valence-corrected chi connectivity index (χ4v) is 6.58. The summed E-state index contributed by atoms with van der Waals surface area (Å²) >= 11 is 0. The zero-order chi connectivity index (χ0) is 15.8. The van der Waals surface area contributed by atoms with Crippen molar-refractivity contribution >= 4 is 0 Å². The highest BCUT2D eigenvalue weighted by Gasteiger charge is 2.63. The van der Waals surface area contributed by atoms with Crippen LogP contribution in [0.2, 0.25) is 0 Å². The molecule has 1 nitrogen and oxygen atoms in total. The van der Waals surface area contributed by atoms with Gasteiger partial charge in [0.25, 0.3) is 0 Å². The van der Waals surface area contributed by atoms with Gasteiger partial charge in [0.2, 0.25) is 0 Å². The van der Waals surface area contributed by atoms with Crippen molar-refractivity contribution in [3.63, 3.8) is 0 Å². The molecule has 0 aromatic rings. The lowest BCUT2D eigenvalue weighted by molar-refractivity contribution is -0.115. The fraction of sp³-hybridized carbons (Fsp3) is 1.00. The van der Waals surface area contributed by atoms with E-state index in [9.17, 15) is 0 Å². The van der Waals surface area contributed by atoms with E-state index < -0.39 is 0 Å². The minimum Gasteiger partial charge on any atom is -0.378 e. The molecular weight excluding hydrogens is 268 g/mol. The summed E-state index contributed by atoms with van der Waals surface area (Å²) in [4.78, 5) is 0. The lowest BCUT2D eigenvalue weighted by Gasteiger charge is -2.56. The van der Waals surface area contributed by atoms with Gasteiger partial charge in [0.15, 0.2) is 0 Å². The Morgan fingerprint density at radius 3 is 2.59 bits per heavy atom. The second-order valence-corrected chi connectivity index (χ2v) is 9.78. The van der Waals surface area contributed by atoms with E-state index in [0.29, 0.717) is 22.3 Å². The van der Waals surface area contributed by atoms with Crippen LogP contribution in [0.5, 0.6) is 0 Å². The second-order valence-electron chi connectivity index (χ2n) is 9.78. The maximum absolute atomic E-state index is 6.58. The van der Waals surface area contributed by atoms with E-state index >= 15 is 0 Å². The summed E-state index contributed by atoms with van der Waals surface area (Å²) in [6.45, 7) is 10.9. The number of ether oxygens (including phenoxy) is 1. The Hall–Kier alpha value is -0.0400. The molecular formula is C21H38O. The third kappa shape index (κ3) is 2.87. The van der Waals surface area contributed by atoms with E-state index in [1.165, 1.54) is 70.6 Å². The van der Waals surface area contributed by atoms with Crippen molar-refractivity contribution < 1.29 is 4.74 Å². The average molecular weight is 307 g/mol. The molecule has 3 fully saturated rings. The van der Waals surface area contributed by atoms with E-state index in [1.807, 2.05) is 0 Å². The van der Waals surface area contributed by atoms with Crippen LogP contribution < -0.4 is 0 Å². The Labute approximate surface area is 138 Å². The average Bonchev–Trinajstić information content (AvgIpc) is 2.64. The van der Waals surface area contributed by atoms with Crippen LogP contribution in [0.15, 0.2) is 0 Å². The number of hydrogen-bond donors (Lipinski definition) is 0. The van der Waals surface area contributed by atoms with Gasteiger partial charge < -0.3 is 4.74 Å². The molecule has 0 aromatic heterocycles. The molecule has 3 rings (SSSR count). The first-order valence-electron chi connectivity index (χ1n) is 10.0. The Kier molecular flexibility index (Phi) is 4.67. The van der Waals surface area contributed by atoms with Crippen LogP contribution in [0.3, 0.4) is 0 Å². The predicted octanol–water partition coefficient (Wildman–Crippen LogP) is 6.36. The van der Waals surface area contributed by atoms with Gasteiger partial charge in [-0.05, 0) is 61.7 Å². The molecule has 128 valence electrons. The zero-order valence-electron chi connectivity index (χ0n) is 15.5. The van der Waals surface area contributed by atoms with Crippen LogP contribution in [-0.2, 0) is 4.74 Å². The Morgan fingerprint density at radius 2 is 1.82 bits per heavy atom. The highest BCUT2D eigenvalue weighted by molar-refractivity contribution is 5.13. The van der Waals surface area contributed by atoms with Crippen molar-refractivity contribution in [3.8, 4) is 0 Å². The summed E-state index contributed by atoms with van der Waals surface area (Å²) in [7, 11) is 0. The first-order valence-corrected chi connectivity index (χ1v) is 10.0. The lowest BCUT2D eigenvalue weighted by atomic mass is 9.50. The summed E-state index contributed by atoms with van der Waals surface area (Å²) in [6.07, 6.45) is 15.9. The standard InChI is InChI=1S/C21H38O/c1-5-6-7-8-14-22-18-15-19(2,3)17-10-13-20(4)11-9-12-21(17,18)16-20/h17-18H,5-16H2,1-4H3. The smallest absolute Gasteiger partial charge is 0.0639 e. The normalized spacial score (nSPS) is 43.1. The van der Waals surface area contributed by atoms with E-state index in [-0.39, 0.29) is 0 Å². The number of unbranched alkanes of at least 4 members (excludes halogenated alkanes) is 3. The molecule has 1 heteroatoms. The third-order valence-corrected chi connectivity index (χ3v) is 7.52. The molecule has 3 aliphatic carbocycles. The van der Waals surface area contributed by atoms with Crippen molar-refractivity contribution in [2.24, 2.45) is 22.2 Å². The van der Waals surface area contributed by atoms with Crippen LogP contribution in [-0.4, -0.2) is 12.7 Å². The second kappa shape index (κ2) is 6.11. The van der Waals surface area contributed by atoms with Gasteiger partial charge >= 0.3 is 0 Å². The monoisotopic (exact) mass is 306 g/mol. The van der Waals surface area contributed by atoms with E-state index in [2.05, 4.69) is 27.7 Å². The molecule has 0 aromatic carbocycles. The molecule has 4 unspecified atom stereocenters. The van der Waals surface area contributed by atoms with Crippen molar-refractivity contribution in [1.82, 2.24) is 0 Å². The van der Waals surface area contributed by atoms with Gasteiger partial charge in [-0.15, -0.1) is 0 Å². The lowest BCUT2D eigenvalue weighted by Crippen LogP contribution is -2.49. The molecule has 2 bridgehead atoms. The highest BCUT2D eigenvalue weighted by atomic mass is 16.5. The number of hydrogen-bond acceptors (Lipinski definition) is 1. The maximum Gasteiger partial charge on any atom is 0.0639 e. The SMILES string of the molecule is CCCCCCOC1CC(C)(C)C2CCC3(C)CCCC12C3. The predicted molar refractivity (Wildman–Crippen MR) is 94.0 cm³/mol. The highest BCUT2D eigenvalue weighted by Crippen LogP contribution is 2.69. The summed E-state index contributed by atoms with van der Waals surface area (Å²) in [5, 5.41) is 0. The molecule has 4 atom stereocenters. The Balaban J connectivity index is 1.70. The third-order valence-electron chi connectivity index (χ3n) is 7.52. The molecule has 3 aliphatic rings. The maximum atomic E-state index is 6.58. The van der Waals surface area contributed by atoms with Gasteiger partial charge in [-0.25, -0.2) is 0 Å². The van der Waals surface area contributed by atoms with Crippen LogP contribution in [0, 0.1) is 22.2 Å². The van der Waals surface area contributed by atoms with E-state index in [0.717, 1.165) is 12.5 Å². The van der Waals surface area contributed by atoms with Gasteiger partial charge in [-0.2, -0.15) is 0 Å². The largest absolute Gasteiger partial charge is 0.378 e. The summed E-state index contributed by atoms with van der Waals surface area (Å²) in [6, 6.07) is 0. The fourth-order valence-electron chi connectivity index (χ4n) is 6.58. The number of fused-ring (bicyclic) bond motifs is 1. The van der Waals surface area contributed by atoms with Gasteiger partial charge in [0.05, 0.1) is 6.10 Å². The van der Waals surface area contributed by atoms with Crippen molar-refractivity contribution in [2.75, 3.05) is 6.61 Å². The summed E-state index contributed by atoms with van der Waals surface area (Å²) in [5.41, 5.74) is 1.64. The van der Waals surface area contributed by atoms with Gasteiger partial charge in [-0.1, -0.05) is 53.4 Å². The molecule has 3 saturated carbocycles. The minimum atomic E-state index is 0.493. The molecule has 0 amide bonds. The van der Waals surface area contributed by atoms with Gasteiger partial charge in [0, 0.05) is 12.0 Å². The molecule has 1 spiro atoms. The van der Waals surface area contributed by atoms with Crippen LogP contribution in [0.1, 0.15) is 98.3 Å². The molecule has 22 heavy (non-hydrogen) atoms. The molecule has 0 heterocycles. The van der Waals surface area contributed by atoms with Crippen LogP contribution in [0.4, 0.5) is 0 Å².